The summed E-state index contributed by atoms with van der Waals surface area (Å²) < 4.78 is 0. The zero-order valence-electron chi connectivity index (χ0n) is 21.9. The van der Waals surface area contributed by atoms with Crippen LogP contribution in [0.3, 0.4) is 0 Å². The number of rotatable bonds is 4. The zero-order valence-corrected chi connectivity index (χ0v) is 21.9. The fourth-order valence-corrected chi connectivity index (χ4v) is 5.19. The second-order valence-electron chi connectivity index (χ2n) is 10.2. The van der Waals surface area contributed by atoms with Crippen molar-refractivity contribution in [2.75, 3.05) is 43.0 Å². The van der Waals surface area contributed by atoms with Crippen LogP contribution in [0.25, 0.3) is 5.76 Å². The molecule has 1 amide bonds. The number of likely N-dealkylation sites (N-methyl/N-ethyl adjacent to an activating group) is 1. The molecule has 1 unspecified atom stereocenters. The van der Waals surface area contributed by atoms with Crippen LogP contribution in [-0.2, 0) is 9.59 Å². The first kappa shape index (κ1) is 24.8. The lowest BCUT2D eigenvalue weighted by molar-refractivity contribution is -0.132. The Labute approximate surface area is 218 Å². The van der Waals surface area contributed by atoms with Gasteiger partial charge in [-0.3, -0.25) is 14.5 Å². The Balaban J connectivity index is 1.59. The van der Waals surface area contributed by atoms with E-state index in [0.29, 0.717) is 11.3 Å². The Morgan fingerprint density at radius 1 is 0.811 bits per heavy atom. The smallest absolute Gasteiger partial charge is 0.300 e. The van der Waals surface area contributed by atoms with Gasteiger partial charge in [0.2, 0.25) is 0 Å². The van der Waals surface area contributed by atoms with Crippen LogP contribution in [0, 0.1) is 20.8 Å². The Morgan fingerprint density at radius 2 is 1.49 bits per heavy atom. The summed E-state index contributed by atoms with van der Waals surface area (Å²) in [5.74, 6) is -1.46. The molecule has 1 atom stereocenters. The third-order valence-electron chi connectivity index (χ3n) is 7.58. The SMILES string of the molecule is Cc1cccc(C2/C(=C(/O)c3ccc(C)c(C)c3)C(=O)C(=O)N2c2ccc(N3CCN(C)CC3)cc2)c1. The average molecular weight is 496 g/mol. The Bertz CT molecular complexity index is 1390. The number of aliphatic hydroxyl groups is 1. The summed E-state index contributed by atoms with van der Waals surface area (Å²) in [6, 6.07) is 20.4. The van der Waals surface area contributed by atoms with Gasteiger partial charge < -0.3 is 14.9 Å². The number of aryl methyl sites for hydroxylation is 3. The van der Waals surface area contributed by atoms with Gasteiger partial charge in [-0.15, -0.1) is 0 Å². The molecule has 2 fully saturated rings. The maximum Gasteiger partial charge on any atom is 0.300 e. The molecule has 0 bridgehead atoms. The molecule has 2 aliphatic heterocycles. The van der Waals surface area contributed by atoms with Crippen LogP contribution in [-0.4, -0.2) is 54.9 Å². The van der Waals surface area contributed by atoms with Crippen LogP contribution < -0.4 is 9.80 Å². The van der Waals surface area contributed by atoms with E-state index in [-0.39, 0.29) is 11.3 Å². The van der Waals surface area contributed by atoms with Gasteiger partial charge in [0.25, 0.3) is 11.7 Å². The highest BCUT2D eigenvalue weighted by Gasteiger charge is 2.47. The molecular weight excluding hydrogens is 462 g/mol. The van der Waals surface area contributed by atoms with E-state index in [4.69, 9.17) is 0 Å². The highest BCUT2D eigenvalue weighted by Crippen LogP contribution is 2.42. The molecule has 6 nitrogen and oxygen atoms in total. The lowest BCUT2D eigenvalue weighted by Gasteiger charge is -2.34. The minimum atomic E-state index is -0.726. The average Bonchev–Trinajstić information content (AvgIpc) is 3.16. The van der Waals surface area contributed by atoms with Gasteiger partial charge in [0.15, 0.2) is 0 Å². The largest absolute Gasteiger partial charge is 0.507 e. The van der Waals surface area contributed by atoms with E-state index in [1.54, 1.807) is 6.07 Å². The summed E-state index contributed by atoms with van der Waals surface area (Å²) in [4.78, 5) is 33.1. The first-order valence-electron chi connectivity index (χ1n) is 12.7. The van der Waals surface area contributed by atoms with Crippen molar-refractivity contribution in [3.8, 4) is 0 Å². The molecule has 2 aliphatic rings. The van der Waals surface area contributed by atoms with Gasteiger partial charge in [-0.2, -0.15) is 0 Å². The van der Waals surface area contributed by atoms with Gasteiger partial charge in [0, 0.05) is 43.1 Å². The number of anilines is 2. The van der Waals surface area contributed by atoms with Crippen molar-refractivity contribution in [3.63, 3.8) is 0 Å². The van der Waals surface area contributed by atoms with Crippen LogP contribution >= 0.6 is 0 Å². The third-order valence-corrected chi connectivity index (χ3v) is 7.58. The van der Waals surface area contributed by atoms with Gasteiger partial charge in [-0.1, -0.05) is 42.0 Å². The van der Waals surface area contributed by atoms with Crippen molar-refractivity contribution in [2.45, 2.75) is 26.8 Å². The third kappa shape index (κ3) is 4.65. The molecule has 3 aromatic carbocycles. The van der Waals surface area contributed by atoms with Crippen LogP contribution in [0.4, 0.5) is 11.4 Å². The molecule has 2 saturated heterocycles. The normalized spacial score (nSPS) is 20.1. The number of aliphatic hydroxyl groups excluding tert-OH is 1. The molecule has 5 rings (SSSR count). The van der Waals surface area contributed by atoms with Crippen LogP contribution in [0.2, 0.25) is 0 Å². The summed E-state index contributed by atoms with van der Waals surface area (Å²) in [6.45, 7) is 9.83. The minimum Gasteiger partial charge on any atom is -0.507 e. The van der Waals surface area contributed by atoms with E-state index < -0.39 is 17.7 Å². The van der Waals surface area contributed by atoms with E-state index >= 15 is 0 Å². The molecule has 3 aromatic rings. The number of carbonyl (C=O) groups is 2. The summed E-state index contributed by atoms with van der Waals surface area (Å²) in [6.07, 6.45) is 0. The van der Waals surface area contributed by atoms with Crippen LogP contribution in [0.1, 0.15) is 33.9 Å². The number of hydrogen-bond donors (Lipinski definition) is 1. The van der Waals surface area contributed by atoms with Crippen molar-refractivity contribution in [1.29, 1.82) is 0 Å². The Hall–Kier alpha value is -3.90. The van der Waals surface area contributed by atoms with Crippen molar-refractivity contribution in [2.24, 2.45) is 0 Å². The molecule has 0 radical (unpaired) electrons. The maximum absolute atomic E-state index is 13.5. The zero-order chi connectivity index (χ0) is 26.3. The standard InChI is InChI=1S/C31H33N3O3/c1-20-6-5-7-23(18-20)28-27(29(35)24-9-8-21(2)22(3)19-24)30(36)31(37)34(28)26-12-10-25(11-13-26)33-16-14-32(4)15-17-33/h5-13,18-19,28,35H,14-17H2,1-4H3/b29-27-. The minimum absolute atomic E-state index is 0.113. The van der Waals surface area contributed by atoms with Crippen molar-refractivity contribution >= 4 is 28.8 Å². The number of hydrogen-bond acceptors (Lipinski definition) is 5. The number of ketones is 1. The Morgan fingerprint density at radius 3 is 2.14 bits per heavy atom. The van der Waals surface area contributed by atoms with E-state index in [9.17, 15) is 14.7 Å². The van der Waals surface area contributed by atoms with Gasteiger partial charge >= 0.3 is 0 Å². The molecule has 2 heterocycles. The molecule has 0 aliphatic carbocycles. The first-order chi connectivity index (χ1) is 17.7. The number of nitrogens with zero attached hydrogens (tertiary/aromatic N) is 3. The molecule has 0 aromatic heterocycles. The van der Waals surface area contributed by atoms with Gasteiger partial charge in [0.1, 0.15) is 5.76 Å². The van der Waals surface area contributed by atoms with Crippen molar-refractivity contribution in [1.82, 2.24) is 4.90 Å². The second kappa shape index (κ2) is 9.87. The number of carbonyl (C=O) groups excluding carboxylic acids is 2. The number of piperazine rings is 1. The maximum atomic E-state index is 13.5. The monoisotopic (exact) mass is 495 g/mol. The fraction of sp³-hybridized carbons (Fsp3) is 0.290. The summed E-state index contributed by atoms with van der Waals surface area (Å²) in [5.41, 5.74) is 6.26. The molecule has 0 saturated carbocycles. The topological polar surface area (TPSA) is 64.1 Å². The van der Waals surface area contributed by atoms with E-state index in [1.807, 2.05) is 81.4 Å². The molecule has 37 heavy (non-hydrogen) atoms. The second-order valence-corrected chi connectivity index (χ2v) is 10.2. The predicted octanol–water partition coefficient (Wildman–Crippen LogP) is 4.99. The summed E-state index contributed by atoms with van der Waals surface area (Å²) in [5, 5.41) is 11.4. The van der Waals surface area contributed by atoms with E-state index in [1.165, 1.54) is 4.90 Å². The van der Waals surface area contributed by atoms with E-state index in [0.717, 1.165) is 54.1 Å². The molecular formula is C31H33N3O3. The number of amides is 1. The molecule has 190 valence electrons. The molecule has 6 heteroatoms. The summed E-state index contributed by atoms with van der Waals surface area (Å²) >= 11 is 0. The highest BCUT2D eigenvalue weighted by atomic mass is 16.3. The van der Waals surface area contributed by atoms with Gasteiger partial charge in [-0.25, -0.2) is 0 Å². The highest BCUT2D eigenvalue weighted by molar-refractivity contribution is 6.51. The predicted molar refractivity (Wildman–Crippen MR) is 148 cm³/mol. The van der Waals surface area contributed by atoms with Crippen LogP contribution in [0.5, 0.6) is 0 Å². The summed E-state index contributed by atoms with van der Waals surface area (Å²) in [7, 11) is 2.13. The Kier molecular flexibility index (Phi) is 6.61. The lowest BCUT2D eigenvalue weighted by Crippen LogP contribution is -2.44. The quantitative estimate of drug-likeness (QED) is 0.314. The van der Waals surface area contributed by atoms with E-state index in [2.05, 4.69) is 16.8 Å². The van der Waals surface area contributed by atoms with Crippen molar-refractivity contribution in [3.05, 3.63) is 100 Å². The molecule has 0 spiro atoms. The van der Waals surface area contributed by atoms with Crippen LogP contribution in [0.15, 0.2) is 72.3 Å². The number of benzene rings is 3. The van der Waals surface area contributed by atoms with Gasteiger partial charge in [0.05, 0.1) is 11.6 Å². The lowest BCUT2D eigenvalue weighted by atomic mass is 9.93. The van der Waals surface area contributed by atoms with Crippen molar-refractivity contribution < 1.29 is 14.7 Å². The fourth-order valence-electron chi connectivity index (χ4n) is 5.19. The first-order valence-corrected chi connectivity index (χ1v) is 12.7. The molecule has 1 N–H and O–H groups in total. The van der Waals surface area contributed by atoms with Gasteiger partial charge in [-0.05, 0) is 74.8 Å². The number of Topliss-reactive ketones (excluding diaryl/α,β-unsaturated/α-hetero) is 1.